The first-order valence-corrected chi connectivity index (χ1v) is 6.28. The molecule has 17 heavy (non-hydrogen) atoms. The number of amides is 1. The molecule has 0 aromatic rings. The maximum Gasteiger partial charge on any atom is 0.303 e. The van der Waals surface area contributed by atoms with Crippen molar-refractivity contribution in [3.8, 4) is 0 Å². The number of aliphatic carboxylic acids is 1. The molecule has 0 aliphatic carbocycles. The van der Waals surface area contributed by atoms with Gasteiger partial charge < -0.3 is 15.7 Å². The fraction of sp³-hybridized carbons (Fsp3) is 0.833. The van der Waals surface area contributed by atoms with Crippen LogP contribution in [0.15, 0.2) is 0 Å². The van der Waals surface area contributed by atoms with E-state index in [0.717, 1.165) is 19.4 Å². The number of carbonyl (C=O) groups is 2. The molecule has 1 amide bonds. The molecule has 1 atom stereocenters. The molecule has 1 unspecified atom stereocenters. The topological polar surface area (TPSA) is 78.4 Å². The Hall–Kier alpha value is -1.10. The largest absolute Gasteiger partial charge is 0.481 e. The zero-order chi connectivity index (χ0) is 13.1. The molecule has 0 aliphatic heterocycles. The first-order chi connectivity index (χ1) is 8.06. The quantitative estimate of drug-likeness (QED) is 0.503. The van der Waals surface area contributed by atoms with Crippen LogP contribution in [0, 0.1) is 0 Å². The Kier molecular flexibility index (Phi) is 9.43. The number of carboxylic acids is 1. The number of carboxylic acid groups (broad SMARTS) is 1. The van der Waals surface area contributed by atoms with Crippen molar-refractivity contribution in [3.05, 3.63) is 0 Å². The third kappa shape index (κ3) is 11.2. The summed E-state index contributed by atoms with van der Waals surface area (Å²) in [5, 5.41) is 14.4. The van der Waals surface area contributed by atoms with E-state index in [2.05, 4.69) is 10.6 Å². The van der Waals surface area contributed by atoms with E-state index in [1.807, 2.05) is 13.8 Å². The molecule has 100 valence electrons. The van der Waals surface area contributed by atoms with Gasteiger partial charge in [0.25, 0.3) is 0 Å². The minimum Gasteiger partial charge on any atom is -0.481 e. The summed E-state index contributed by atoms with van der Waals surface area (Å²) in [6.45, 7) is 5.49. The van der Waals surface area contributed by atoms with Gasteiger partial charge in [-0.15, -0.1) is 0 Å². The predicted molar refractivity (Wildman–Crippen MR) is 66.9 cm³/mol. The predicted octanol–water partition coefficient (Wildman–Crippen LogP) is 1.14. The molecular formula is C12H24N2O3. The highest BCUT2D eigenvalue weighted by molar-refractivity contribution is 5.76. The molecule has 3 N–H and O–H groups in total. The smallest absolute Gasteiger partial charge is 0.303 e. The minimum atomic E-state index is -0.756. The molecule has 0 bridgehead atoms. The van der Waals surface area contributed by atoms with Gasteiger partial charge in [-0.3, -0.25) is 9.59 Å². The van der Waals surface area contributed by atoms with E-state index in [4.69, 9.17) is 5.11 Å². The summed E-state index contributed by atoms with van der Waals surface area (Å²) in [5.41, 5.74) is 0. The van der Waals surface area contributed by atoms with Gasteiger partial charge in [0.1, 0.15) is 0 Å². The van der Waals surface area contributed by atoms with Crippen molar-refractivity contribution >= 4 is 11.9 Å². The zero-order valence-electron chi connectivity index (χ0n) is 10.8. The summed E-state index contributed by atoms with van der Waals surface area (Å²) in [7, 11) is 0. The Labute approximate surface area is 103 Å². The van der Waals surface area contributed by atoms with Crippen LogP contribution in [-0.2, 0) is 9.59 Å². The monoisotopic (exact) mass is 244 g/mol. The van der Waals surface area contributed by atoms with Crippen LogP contribution in [0.25, 0.3) is 0 Å². The molecule has 0 aliphatic rings. The lowest BCUT2D eigenvalue weighted by Crippen LogP contribution is -2.34. The third-order valence-corrected chi connectivity index (χ3v) is 2.43. The Bertz CT molecular complexity index is 232. The summed E-state index contributed by atoms with van der Waals surface area (Å²) in [6.07, 6.45) is 3.07. The standard InChI is InChI=1S/C12H24N2O3/c1-3-13-10(2)9-11(15)14-8-6-4-5-7-12(16)17/h10,13H,3-9H2,1-2H3,(H,14,15)(H,16,17). The number of unbranched alkanes of at least 4 members (excludes halogenated alkanes) is 2. The van der Waals surface area contributed by atoms with Crippen LogP contribution in [0.2, 0.25) is 0 Å². The van der Waals surface area contributed by atoms with Gasteiger partial charge in [0.05, 0.1) is 0 Å². The molecule has 0 aromatic heterocycles. The Morgan fingerprint density at radius 2 is 1.94 bits per heavy atom. The van der Waals surface area contributed by atoms with Crippen molar-refractivity contribution in [2.75, 3.05) is 13.1 Å². The van der Waals surface area contributed by atoms with Crippen LogP contribution in [0.1, 0.15) is 46.0 Å². The fourth-order valence-electron chi connectivity index (χ4n) is 1.58. The minimum absolute atomic E-state index is 0.0525. The van der Waals surface area contributed by atoms with E-state index in [9.17, 15) is 9.59 Å². The van der Waals surface area contributed by atoms with E-state index in [-0.39, 0.29) is 18.4 Å². The second kappa shape index (κ2) is 10.1. The van der Waals surface area contributed by atoms with Gasteiger partial charge in [0.15, 0.2) is 0 Å². The van der Waals surface area contributed by atoms with Gasteiger partial charge in [0, 0.05) is 25.4 Å². The highest BCUT2D eigenvalue weighted by Crippen LogP contribution is 1.99. The number of carbonyl (C=O) groups excluding carboxylic acids is 1. The average molecular weight is 244 g/mol. The molecule has 0 saturated heterocycles. The molecule has 0 aromatic carbocycles. The van der Waals surface area contributed by atoms with E-state index >= 15 is 0 Å². The summed E-state index contributed by atoms with van der Waals surface area (Å²) >= 11 is 0. The van der Waals surface area contributed by atoms with E-state index in [0.29, 0.717) is 19.4 Å². The first-order valence-electron chi connectivity index (χ1n) is 6.28. The van der Waals surface area contributed by atoms with Crippen molar-refractivity contribution in [2.45, 2.75) is 52.0 Å². The van der Waals surface area contributed by atoms with Crippen LogP contribution in [-0.4, -0.2) is 36.1 Å². The third-order valence-electron chi connectivity index (χ3n) is 2.43. The number of nitrogens with one attached hydrogen (secondary N) is 2. The van der Waals surface area contributed by atoms with Crippen molar-refractivity contribution in [1.82, 2.24) is 10.6 Å². The van der Waals surface area contributed by atoms with E-state index in [1.54, 1.807) is 0 Å². The second-order valence-corrected chi connectivity index (χ2v) is 4.22. The molecule has 5 nitrogen and oxygen atoms in total. The Morgan fingerprint density at radius 3 is 2.53 bits per heavy atom. The van der Waals surface area contributed by atoms with Gasteiger partial charge in [-0.1, -0.05) is 13.3 Å². The van der Waals surface area contributed by atoms with Crippen molar-refractivity contribution in [1.29, 1.82) is 0 Å². The van der Waals surface area contributed by atoms with Gasteiger partial charge in [-0.25, -0.2) is 0 Å². The maximum atomic E-state index is 11.4. The highest BCUT2D eigenvalue weighted by Gasteiger charge is 2.06. The summed E-state index contributed by atoms with van der Waals surface area (Å²) in [5.74, 6) is -0.704. The maximum absolute atomic E-state index is 11.4. The van der Waals surface area contributed by atoms with Crippen LogP contribution in [0.3, 0.4) is 0 Å². The van der Waals surface area contributed by atoms with E-state index in [1.165, 1.54) is 0 Å². The Morgan fingerprint density at radius 1 is 1.24 bits per heavy atom. The SMILES string of the molecule is CCNC(C)CC(=O)NCCCCCC(=O)O. The molecule has 0 saturated carbocycles. The molecule has 0 fully saturated rings. The van der Waals surface area contributed by atoms with Crippen LogP contribution in [0.4, 0.5) is 0 Å². The van der Waals surface area contributed by atoms with Gasteiger partial charge >= 0.3 is 5.97 Å². The second-order valence-electron chi connectivity index (χ2n) is 4.22. The van der Waals surface area contributed by atoms with Crippen LogP contribution >= 0.6 is 0 Å². The fourth-order valence-corrected chi connectivity index (χ4v) is 1.58. The first kappa shape index (κ1) is 15.9. The molecular weight excluding hydrogens is 220 g/mol. The number of hydrogen-bond acceptors (Lipinski definition) is 3. The molecule has 0 radical (unpaired) electrons. The molecule has 0 heterocycles. The molecule has 0 rings (SSSR count). The van der Waals surface area contributed by atoms with Gasteiger partial charge in [-0.05, 0) is 26.3 Å². The lowest BCUT2D eigenvalue weighted by atomic mass is 10.2. The lowest BCUT2D eigenvalue weighted by Gasteiger charge is -2.11. The van der Waals surface area contributed by atoms with Crippen molar-refractivity contribution in [2.24, 2.45) is 0 Å². The normalized spacial score (nSPS) is 12.1. The summed E-state index contributed by atoms with van der Waals surface area (Å²) in [4.78, 5) is 21.7. The number of rotatable bonds is 10. The highest BCUT2D eigenvalue weighted by atomic mass is 16.4. The van der Waals surface area contributed by atoms with Gasteiger partial charge in [0.2, 0.25) is 5.91 Å². The lowest BCUT2D eigenvalue weighted by molar-refractivity contribution is -0.137. The molecule has 5 heteroatoms. The summed E-state index contributed by atoms with van der Waals surface area (Å²) in [6, 6.07) is 0.201. The Balaban J connectivity index is 3.36. The number of hydrogen-bond donors (Lipinski definition) is 3. The molecule has 0 spiro atoms. The average Bonchev–Trinajstić information content (AvgIpc) is 2.23. The van der Waals surface area contributed by atoms with Crippen LogP contribution < -0.4 is 10.6 Å². The zero-order valence-corrected chi connectivity index (χ0v) is 10.8. The van der Waals surface area contributed by atoms with Crippen LogP contribution in [0.5, 0.6) is 0 Å². The van der Waals surface area contributed by atoms with Gasteiger partial charge in [-0.2, -0.15) is 0 Å². The van der Waals surface area contributed by atoms with E-state index < -0.39 is 5.97 Å². The van der Waals surface area contributed by atoms with Crippen molar-refractivity contribution in [3.63, 3.8) is 0 Å². The van der Waals surface area contributed by atoms with Crippen molar-refractivity contribution < 1.29 is 14.7 Å². The summed E-state index contributed by atoms with van der Waals surface area (Å²) < 4.78 is 0.